The van der Waals surface area contributed by atoms with Gasteiger partial charge in [-0.1, -0.05) is 78.1 Å². The van der Waals surface area contributed by atoms with E-state index in [1.54, 1.807) is 18.5 Å². The number of ether oxygens (including phenoxy) is 1. The summed E-state index contributed by atoms with van der Waals surface area (Å²) < 4.78 is 5.73. The van der Waals surface area contributed by atoms with Crippen molar-refractivity contribution < 1.29 is 23.9 Å². The number of rotatable bonds is 18. The van der Waals surface area contributed by atoms with Crippen molar-refractivity contribution in [1.29, 1.82) is 0 Å². The molecule has 1 rings (SSSR count). The van der Waals surface area contributed by atoms with Crippen molar-refractivity contribution in [2.75, 3.05) is 11.5 Å². The van der Waals surface area contributed by atoms with Gasteiger partial charge in [0.1, 0.15) is 23.5 Å². The van der Waals surface area contributed by atoms with E-state index in [9.17, 15) is 19.2 Å². The highest BCUT2D eigenvalue weighted by molar-refractivity contribution is 8.13. The number of thioether (sulfide) groups is 2. The van der Waals surface area contributed by atoms with Crippen LogP contribution in [0.2, 0.25) is 0 Å². The zero-order chi connectivity index (χ0) is 27.8. The van der Waals surface area contributed by atoms with E-state index in [2.05, 4.69) is 17.2 Å². The molecule has 0 bridgehead atoms. The summed E-state index contributed by atoms with van der Waals surface area (Å²) in [4.78, 5) is 54.6. The van der Waals surface area contributed by atoms with Crippen LogP contribution in [0.5, 0.6) is 0 Å². The molecule has 1 aliphatic rings. The number of nitrogens with zero attached hydrogens (tertiary/aromatic N) is 1. The summed E-state index contributed by atoms with van der Waals surface area (Å²) in [5.41, 5.74) is 0.746. The Morgan fingerprint density at radius 1 is 1.14 bits per heavy atom. The SMILES string of the molecule is CCCCCCCC(=O)SCC/C=C/[C@H](CC(=O)C(C)C)OC(=O)[C@@H](NC(=O)[C@]1(C)CSC=N1)C(C)C. The van der Waals surface area contributed by atoms with Crippen LogP contribution in [-0.4, -0.2) is 57.5 Å². The highest BCUT2D eigenvalue weighted by Gasteiger charge is 2.38. The second-order valence-corrected chi connectivity index (χ2v) is 12.4. The number of allylic oxidation sites excluding steroid dienone is 1. The van der Waals surface area contributed by atoms with E-state index in [1.807, 2.05) is 33.8 Å². The Kier molecular flexibility index (Phi) is 16.1. The first-order valence-corrected chi connectivity index (χ1v) is 15.5. The first kappa shape index (κ1) is 33.4. The van der Waals surface area contributed by atoms with Crippen molar-refractivity contribution in [1.82, 2.24) is 5.32 Å². The fourth-order valence-electron chi connectivity index (χ4n) is 3.55. The third-order valence-electron chi connectivity index (χ3n) is 6.17. The fourth-order valence-corrected chi connectivity index (χ4v) is 5.23. The van der Waals surface area contributed by atoms with E-state index in [0.29, 0.717) is 24.3 Å². The van der Waals surface area contributed by atoms with Crippen molar-refractivity contribution in [3.8, 4) is 0 Å². The lowest BCUT2D eigenvalue weighted by Gasteiger charge is -2.27. The third kappa shape index (κ3) is 13.1. The van der Waals surface area contributed by atoms with E-state index in [-0.39, 0.29) is 35.1 Å². The topological polar surface area (TPSA) is 102 Å². The predicted molar refractivity (Wildman–Crippen MR) is 155 cm³/mol. The first-order chi connectivity index (χ1) is 17.5. The largest absolute Gasteiger partial charge is 0.456 e. The summed E-state index contributed by atoms with van der Waals surface area (Å²) in [6.45, 7) is 11.2. The van der Waals surface area contributed by atoms with Gasteiger partial charge in [0.15, 0.2) is 5.12 Å². The molecule has 1 aliphatic heterocycles. The monoisotopic (exact) mass is 554 g/mol. The smallest absolute Gasteiger partial charge is 0.329 e. The molecule has 1 amide bonds. The summed E-state index contributed by atoms with van der Waals surface area (Å²) in [5, 5.41) is 3.01. The van der Waals surface area contributed by atoms with Gasteiger partial charge in [0.2, 0.25) is 5.91 Å². The number of amides is 1. The lowest BCUT2D eigenvalue weighted by Crippen LogP contribution is -2.53. The molecule has 0 saturated carbocycles. The van der Waals surface area contributed by atoms with Crippen LogP contribution >= 0.6 is 23.5 Å². The summed E-state index contributed by atoms with van der Waals surface area (Å²) in [5.74, 6) is -0.115. The van der Waals surface area contributed by atoms with Gasteiger partial charge in [0.25, 0.3) is 0 Å². The molecule has 0 saturated heterocycles. The number of carbonyl (C=O) groups is 4. The molecule has 1 heterocycles. The molecule has 0 fully saturated rings. The van der Waals surface area contributed by atoms with E-state index in [4.69, 9.17) is 4.74 Å². The zero-order valence-corrected chi connectivity index (χ0v) is 25.1. The summed E-state index contributed by atoms with van der Waals surface area (Å²) in [6.07, 6.45) is 9.80. The summed E-state index contributed by atoms with van der Waals surface area (Å²) in [6, 6.07) is -0.847. The van der Waals surface area contributed by atoms with Crippen LogP contribution in [0.15, 0.2) is 17.1 Å². The minimum Gasteiger partial charge on any atom is -0.456 e. The van der Waals surface area contributed by atoms with Crippen LogP contribution in [0.1, 0.15) is 92.9 Å². The number of hydrogen-bond acceptors (Lipinski definition) is 8. The van der Waals surface area contributed by atoms with Gasteiger partial charge in [-0.05, 0) is 31.8 Å². The number of hydrogen-bond donors (Lipinski definition) is 1. The molecule has 0 aromatic carbocycles. The lowest BCUT2D eigenvalue weighted by atomic mass is 10.00. The van der Waals surface area contributed by atoms with E-state index in [0.717, 1.165) is 12.8 Å². The Labute approximate surface area is 231 Å². The maximum absolute atomic E-state index is 13.1. The van der Waals surface area contributed by atoms with Crippen molar-refractivity contribution in [3.05, 3.63) is 12.2 Å². The molecule has 7 nitrogen and oxygen atoms in total. The van der Waals surface area contributed by atoms with Crippen molar-refractivity contribution in [3.63, 3.8) is 0 Å². The standard InChI is InChI=1S/C28H46N2O5S2/c1-7-8-9-10-11-15-24(32)37-16-13-12-14-22(17-23(31)20(2)3)35-26(33)25(21(4)5)30-27(34)28(6)18-36-19-29-28/h12,14,19-22,25H,7-11,13,15-18H2,1-6H3,(H,30,34)/b14-12+/t22-,25+,28+/m1/s1. The number of carbonyl (C=O) groups excluding carboxylic acids is 4. The number of esters is 1. The maximum atomic E-state index is 13.1. The Bertz CT molecular complexity index is 812. The Morgan fingerprint density at radius 2 is 1.84 bits per heavy atom. The Morgan fingerprint density at radius 3 is 2.43 bits per heavy atom. The predicted octanol–water partition coefficient (Wildman–Crippen LogP) is 5.75. The second kappa shape index (κ2) is 17.8. The van der Waals surface area contributed by atoms with Crippen LogP contribution in [0, 0.1) is 11.8 Å². The minimum absolute atomic E-state index is 0.00922. The molecular formula is C28H46N2O5S2. The van der Waals surface area contributed by atoms with Crippen molar-refractivity contribution >= 4 is 51.8 Å². The van der Waals surface area contributed by atoms with Crippen LogP contribution in [-0.2, 0) is 23.9 Å². The van der Waals surface area contributed by atoms with Gasteiger partial charge in [-0.15, -0.1) is 11.8 Å². The quantitative estimate of drug-likeness (QED) is 0.131. The average molecular weight is 555 g/mol. The van der Waals surface area contributed by atoms with Crippen LogP contribution in [0.4, 0.5) is 0 Å². The van der Waals surface area contributed by atoms with Gasteiger partial charge in [-0.25, -0.2) is 4.79 Å². The lowest BCUT2D eigenvalue weighted by molar-refractivity contribution is -0.153. The van der Waals surface area contributed by atoms with Crippen LogP contribution < -0.4 is 5.32 Å². The van der Waals surface area contributed by atoms with Gasteiger partial charge in [0, 0.05) is 30.3 Å². The maximum Gasteiger partial charge on any atom is 0.329 e. The molecule has 0 unspecified atom stereocenters. The summed E-state index contributed by atoms with van der Waals surface area (Å²) >= 11 is 2.78. The second-order valence-electron chi connectivity index (χ2n) is 10.4. The fraction of sp³-hybridized carbons (Fsp3) is 0.750. The highest BCUT2D eigenvalue weighted by atomic mass is 32.2. The Balaban J connectivity index is 2.67. The molecule has 3 atom stereocenters. The molecule has 0 spiro atoms. The molecule has 0 aromatic rings. The summed E-state index contributed by atoms with van der Waals surface area (Å²) in [7, 11) is 0. The molecular weight excluding hydrogens is 508 g/mol. The van der Waals surface area contributed by atoms with Crippen molar-refractivity contribution in [2.45, 2.75) is 111 Å². The first-order valence-electron chi connectivity index (χ1n) is 13.5. The number of ketones is 1. The van der Waals surface area contributed by atoms with Crippen molar-refractivity contribution in [2.24, 2.45) is 16.8 Å². The minimum atomic E-state index is -0.907. The normalized spacial score (nSPS) is 18.9. The molecule has 37 heavy (non-hydrogen) atoms. The van der Waals surface area contributed by atoms with Gasteiger partial charge in [-0.3, -0.25) is 19.4 Å². The van der Waals surface area contributed by atoms with E-state index >= 15 is 0 Å². The highest BCUT2D eigenvalue weighted by Crippen LogP contribution is 2.24. The Hall–Kier alpha value is -1.61. The number of aliphatic imine (C=N–C) groups is 1. The molecule has 210 valence electrons. The number of unbranched alkanes of at least 4 members (excludes halogenated alkanes) is 4. The van der Waals surface area contributed by atoms with Gasteiger partial charge < -0.3 is 10.1 Å². The number of nitrogens with one attached hydrogen (secondary N) is 1. The molecule has 1 N–H and O–H groups in total. The van der Waals surface area contributed by atoms with Gasteiger partial charge in [0.05, 0.1) is 5.55 Å². The molecule has 0 aliphatic carbocycles. The van der Waals surface area contributed by atoms with Crippen LogP contribution in [0.25, 0.3) is 0 Å². The molecule has 0 aromatic heterocycles. The van der Waals surface area contributed by atoms with Crippen LogP contribution in [0.3, 0.4) is 0 Å². The van der Waals surface area contributed by atoms with Gasteiger partial charge in [-0.2, -0.15) is 0 Å². The van der Waals surface area contributed by atoms with Gasteiger partial charge >= 0.3 is 5.97 Å². The third-order valence-corrected chi connectivity index (χ3v) is 8.12. The van der Waals surface area contributed by atoms with E-state index < -0.39 is 23.7 Å². The molecule has 0 radical (unpaired) electrons. The van der Waals surface area contributed by atoms with E-state index in [1.165, 1.54) is 42.8 Å². The zero-order valence-electron chi connectivity index (χ0n) is 23.4. The molecule has 9 heteroatoms. The average Bonchev–Trinajstić information content (AvgIpc) is 3.29. The number of Topliss-reactive ketones (excluding diaryl/α,β-unsaturated/α-hetero) is 1.